The minimum atomic E-state index is -3.58. The number of hydrogen-bond donors (Lipinski definition) is 1. The lowest BCUT2D eigenvalue weighted by atomic mass is 10.1. The molecule has 0 radical (unpaired) electrons. The minimum absolute atomic E-state index is 0.266. The van der Waals surface area contributed by atoms with Gasteiger partial charge in [0.25, 0.3) is 0 Å². The fraction of sp³-hybridized carbons (Fsp3) is 0.632. The summed E-state index contributed by atoms with van der Waals surface area (Å²) in [4.78, 5) is 15.0. The number of sulfonamides is 1. The maximum atomic E-state index is 12.6. The van der Waals surface area contributed by atoms with Crippen LogP contribution in [0.3, 0.4) is 0 Å². The number of nitrogens with zero attached hydrogens (tertiary/aromatic N) is 2. The van der Waals surface area contributed by atoms with E-state index in [4.69, 9.17) is 0 Å². The van der Waals surface area contributed by atoms with Gasteiger partial charge in [0.05, 0.1) is 11.9 Å². The SMILES string of the molecule is Cc1ccc(C)c(N([C@H](C)C(=O)NCCCN2CCCC2)S(C)(=O)=O)c1. The highest BCUT2D eigenvalue weighted by Gasteiger charge is 2.30. The first-order chi connectivity index (χ1) is 12.2. The average Bonchev–Trinajstić information content (AvgIpc) is 3.07. The molecule has 1 fully saturated rings. The third kappa shape index (κ3) is 5.45. The molecule has 6 nitrogen and oxygen atoms in total. The van der Waals surface area contributed by atoms with Crippen molar-refractivity contribution >= 4 is 21.6 Å². The van der Waals surface area contributed by atoms with Crippen LogP contribution in [0.25, 0.3) is 0 Å². The van der Waals surface area contributed by atoms with Gasteiger partial charge in [0, 0.05) is 6.54 Å². The average molecular weight is 382 g/mol. The number of nitrogens with one attached hydrogen (secondary N) is 1. The summed E-state index contributed by atoms with van der Waals surface area (Å²) in [5.41, 5.74) is 2.35. The second-order valence-electron chi connectivity index (χ2n) is 7.22. The summed E-state index contributed by atoms with van der Waals surface area (Å²) in [6, 6.07) is 4.83. The van der Waals surface area contributed by atoms with Crippen LogP contribution in [0.1, 0.15) is 37.3 Å². The van der Waals surface area contributed by atoms with Crippen molar-refractivity contribution in [2.45, 2.75) is 46.1 Å². The van der Waals surface area contributed by atoms with E-state index in [1.165, 1.54) is 17.1 Å². The molecule has 7 heteroatoms. The number of benzene rings is 1. The molecule has 1 amide bonds. The molecule has 146 valence electrons. The van der Waals surface area contributed by atoms with Gasteiger partial charge >= 0.3 is 0 Å². The van der Waals surface area contributed by atoms with Crippen LogP contribution in [0.2, 0.25) is 0 Å². The summed E-state index contributed by atoms with van der Waals surface area (Å²) >= 11 is 0. The molecule has 0 spiro atoms. The molecule has 0 saturated carbocycles. The predicted molar refractivity (Wildman–Crippen MR) is 106 cm³/mol. The number of aryl methyl sites for hydroxylation is 2. The van der Waals surface area contributed by atoms with Crippen LogP contribution in [0, 0.1) is 13.8 Å². The molecule has 2 rings (SSSR count). The molecule has 1 aromatic rings. The Bertz CT molecular complexity index is 728. The van der Waals surface area contributed by atoms with E-state index in [1.54, 1.807) is 6.92 Å². The van der Waals surface area contributed by atoms with Gasteiger partial charge in [-0.2, -0.15) is 0 Å². The number of carbonyl (C=O) groups is 1. The Kier molecular flexibility index (Phi) is 7.06. The topological polar surface area (TPSA) is 69.7 Å². The molecule has 1 aliphatic heterocycles. The lowest BCUT2D eigenvalue weighted by Crippen LogP contribution is -2.48. The van der Waals surface area contributed by atoms with Crippen LogP contribution in [-0.2, 0) is 14.8 Å². The van der Waals surface area contributed by atoms with E-state index in [9.17, 15) is 13.2 Å². The summed E-state index contributed by atoms with van der Waals surface area (Å²) in [6.45, 7) is 9.21. The molecule has 1 heterocycles. The smallest absolute Gasteiger partial charge is 0.243 e. The molecule has 1 aromatic carbocycles. The minimum Gasteiger partial charge on any atom is -0.354 e. The molecule has 1 aliphatic rings. The van der Waals surface area contributed by atoms with Crippen molar-refractivity contribution in [2.24, 2.45) is 0 Å². The second-order valence-corrected chi connectivity index (χ2v) is 9.08. The lowest BCUT2D eigenvalue weighted by molar-refractivity contribution is -0.121. The molecule has 0 aliphatic carbocycles. The van der Waals surface area contributed by atoms with Crippen LogP contribution < -0.4 is 9.62 Å². The lowest BCUT2D eigenvalue weighted by Gasteiger charge is -2.29. The highest BCUT2D eigenvalue weighted by Crippen LogP contribution is 2.26. The quantitative estimate of drug-likeness (QED) is 0.700. The number of carbonyl (C=O) groups excluding carboxylic acids is 1. The Hall–Kier alpha value is -1.60. The van der Waals surface area contributed by atoms with Gasteiger partial charge < -0.3 is 10.2 Å². The van der Waals surface area contributed by atoms with E-state index in [1.807, 2.05) is 32.0 Å². The van der Waals surface area contributed by atoms with Crippen molar-refractivity contribution in [3.63, 3.8) is 0 Å². The second kappa shape index (κ2) is 8.86. The van der Waals surface area contributed by atoms with Crippen molar-refractivity contribution in [1.29, 1.82) is 0 Å². The highest BCUT2D eigenvalue weighted by atomic mass is 32.2. The van der Waals surface area contributed by atoms with Crippen LogP contribution in [0.4, 0.5) is 5.69 Å². The zero-order chi connectivity index (χ0) is 19.3. The largest absolute Gasteiger partial charge is 0.354 e. The van der Waals surface area contributed by atoms with Crippen LogP contribution in [0.5, 0.6) is 0 Å². The van der Waals surface area contributed by atoms with Crippen molar-refractivity contribution < 1.29 is 13.2 Å². The Morgan fingerprint density at radius 2 is 1.92 bits per heavy atom. The van der Waals surface area contributed by atoms with E-state index in [2.05, 4.69) is 10.2 Å². The van der Waals surface area contributed by atoms with Crippen LogP contribution in [0.15, 0.2) is 18.2 Å². The van der Waals surface area contributed by atoms with Gasteiger partial charge in [-0.25, -0.2) is 8.42 Å². The summed E-state index contributed by atoms with van der Waals surface area (Å²) in [5.74, 6) is -0.266. The monoisotopic (exact) mass is 381 g/mol. The first-order valence-electron chi connectivity index (χ1n) is 9.27. The number of amides is 1. The molecule has 0 aromatic heterocycles. The van der Waals surface area contributed by atoms with E-state index < -0.39 is 16.1 Å². The standard InChI is InChI=1S/C19H31N3O3S/c1-15-8-9-16(2)18(14-15)22(26(4,24)25)17(3)19(23)20-10-7-13-21-11-5-6-12-21/h8-9,14,17H,5-7,10-13H2,1-4H3,(H,20,23)/t17-/m1/s1. The summed E-state index contributed by atoms with van der Waals surface area (Å²) in [7, 11) is -3.58. The van der Waals surface area contributed by atoms with Gasteiger partial charge in [-0.1, -0.05) is 12.1 Å². The number of hydrogen-bond acceptors (Lipinski definition) is 4. The van der Waals surface area contributed by atoms with Crippen molar-refractivity contribution in [3.05, 3.63) is 29.3 Å². The van der Waals surface area contributed by atoms with Crippen molar-refractivity contribution in [2.75, 3.05) is 36.7 Å². The predicted octanol–water partition coefficient (Wildman–Crippen LogP) is 2.06. The number of likely N-dealkylation sites (tertiary alicyclic amines) is 1. The van der Waals surface area contributed by atoms with Gasteiger partial charge in [-0.15, -0.1) is 0 Å². The van der Waals surface area contributed by atoms with E-state index >= 15 is 0 Å². The van der Waals surface area contributed by atoms with Gasteiger partial charge in [-0.05, 0) is 76.9 Å². The molecule has 26 heavy (non-hydrogen) atoms. The van der Waals surface area contributed by atoms with Crippen molar-refractivity contribution in [1.82, 2.24) is 10.2 Å². The number of anilines is 1. The van der Waals surface area contributed by atoms with Crippen LogP contribution >= 0.6 is 0 Å². The molecule has 0 unspecified atom stereocenters. The maximum absolute atomic E-state index is 12.6. The molecule has 1 N–H and O–H groups in total. The Balaban J connectivity index is 2.02. The Morgan fingerprint density at radius 1 is 1.27 bits per heavy atom. The molecule has 0 bridgehead atoms. The molecular formula is C19H31N3O3S. The molecule has 1 atom stereocenters. The van der Waals surface area contributed by atoms with Gasteiger partial charge in [0.1, 0.15) is 6.04 Å². The summed E-state index contributed by atoms with van der Waals surface area (Å²) < 4.78 is 26.0. The summed E-state index contributed by atoms with van der Waals surface area (Å²) in [5, 5.41) is 2.89. The van der Waals surface area contributed by atoms with E-state index in [-0.39, 0.29) is 5.91 Å². The van der Waals surface area contributed by atoms with E-state index in [0.717, 1.165) is 43.4 Å². The number of rotatable bonds is 8. The van der Waals surface area contributed by atoms with Crippen molar-refractivity contribution in [3.8, 4) is 0 Å². The first-order valence-corrected chi connectivity index (χ1v) is 11.1. The maximum Gasteiger partial charge on any atom is 0.243 e. The fourth-order valence-electron chi connectivity index (χ4n) is 3.41. The Labute approximate surface area is 157 Å². The zero-order valence-electron chi connectivity index (χ0n) is 16.3. The third-order valence-corrected chi connectivity index (χ3v) is 6.07. The molecular weight excluding hydrogens is 350 g/mol. The fourth-order valence-corrected chi connectivity index (χ4v) is 4.63. The van der Waals surface area contributed by atoms with Gasteiger partial charge in [-0.3, -0.25) is 9.10 Å². The molecule has 1 saturated heterocycles. The highest BCUT2D eigenvalue weighted by molar-refractivity contribution is 7.92. The zero-order valence-corrected chi connectivity index (χ0v) is 17.1. The third-order valence-electron chi connectivity index (χ3n) is 4.84. The van der Waals surface area contributed by atoms with Crippen LogP contribution in [-0.4, -0.2) is 57.7 Å². The Morgan fingerprint density at radius 3 is 2.54 bits per heavy atom. The van der Waals surface area contributed by atoms with Gasteiger partial charge in [0.2, 0.25) is 15.9 Å². The normalized spacial score (nSPS) is 16.5. The summed E-state index contributed by atoms with van der Waals surface area (Å²) in [6.07, 6.45) is 4.53. The first kappa shape index (κ1) is 20.7. The van der Waals surface area contributed by atoms with E-state index in [0.29, 0.717) is 12.2 Å². The van der Waals surface area contributed by atoms with Gasteiger partial charge in [0.15, 0.2) is 0 Å².